The summed E-state index contributed by atoms with van der Waals surface area (Å²) in [4.78, 5) is 11.1. The van der Waals surface area contributed by atoms with Gasteiger partial charge in [-0.15, -0.1) is 0 Å². The van der Waals surface area contributed by atoms with Crippen LogP contribution in [0.2, 0.25) is 0 Å². The first-order valence-electron chi connectivity index (χ1n) is 11.2. The Balaban J connectivity index is 0.000000312. The van der Waals surface area contributed by atoms with Gasteiger partial charge < -0.3 is 5.11 Å². The standard InChI is InChI=1S/C13H16N2.C13H17NO2.2H2S/c1-10(11-5-3-2-4-6-11)15-13(9-14)12-7-8-12;1-9(10-5-3-2-4-6-10)14-12(13(15)16)11-7-8-11;;/h2-6,10,12-13,15H,7-8H2,1H3;2-6,9,11-12,14H,7-8H2,1H3,(H,15,16);2*1H2/t10-,13?;9-,12-;;/m00../s1. The summed E-state index contributed by atoms with van der Waals surface area (Å²) >= 11 is 0. The van der Waals surface area contributed by atoms with Gasteiger partial charge in [-0.05, 0) is 62.5 Å². The Morgan fingerprint density at radius 3 is 1.64 bits per heavy atom. The molecule has 0 aromatic heterocycles. The van der Waals surface area contributed by atoms with Crippen LogP contribution in [0.25, 0.3) is 0 Å². The van der Waals surface area contributed by atoms with Crippen LogP contribution in [0, 0.1) is 23.2 Å². The van der Waals surface area contributed by atoms with Crippen molar-refractivity contribution in [1.82, 2.24) is 10.6 Å². The van der Waals surface area contributed by atoms with Crippen LogP contribution < -0.4 is 10.6 Å². The molecule has 3 N–H and O–H groups in total. The van der Waals surface area contributed by atoms with Gasteiger partial charge in [-0.2, -0.15) is 32.3 Å². The van der Waals surface area contributed by atoms with Gasteiger partial charge in [-0.1, -0.05) is 60.7 Å². The van der Waals surface area contributed by atoms with Crippen molar-refractivity contribution in [2.45, 2.75) is 63.7 Å². The topological polar surface area (TPSA) is 85.2 Å². The van der Waals surface area contributed by atoms with Crippen molar-refractivity contribution < 1.29 is 9.90 Å². The predicted octanol–water partition coefficient (Wildman–Crippen LogP) is 5.07. The zero-order valence-electron chi connectivity index (χ0n) is 19.4. The summed E-state index contributed by atoms with van der Waals surface area (Å²) in [6.45, 7) is 4.12. The number of hydrogen-bond donors (Lipinski definition) is 3. The van der Waals surface area contributed by atoms with E-state index in [-0.39, 0.29) is 45.1 Å². The van der Waals surface area contributed by atoms with E-state index in [2.05, 4.69) is 35.8 Å². The summed E-state index contributed by atoms with van der Waals surface area (Å²) in [5.74, 6) is 0.176. The molecule has 2 aliphatic rings. The molecule has 33 heavy (non-hydrogen) atoms. The van der Waals surface area contributed by atoms with Crippen LogP contribution in [0.1, 0.15) is 62.7 Å². The highest BCUT2D eigenvalue weighted by Crippen LogP contribution is 2.34. The molecule has 5 nitrogen and oxygen atoms in total. The Bertz CT molecular complexity index is 868. The van der Waals surface area contributed by atoms with E-state index < -0.39 is 12.0 Å². The molecule has 2 aromatic rings. The van der Waals surface area contributed by atoms with E-state index in [1.165, 1.54) is 18.4 Å². The van der Waals surface area contributed by atoms with E-state index in [9.17, 15) is 4.79 Å². The molecule has 4 atom stereocenters. The first-order valence-corrected chi connectivity index (χ1v) is 11.2. The number of carboxylic acids is 1. The molecule has 180 valence electrons. The van der Waals surface area contributed by atoms with Crippen molar-refractivity contribution in [1.29, 1.82) is 5.26 Å². The molecule has 0 bridgehead atoms. The lowest BCUT2D eigenvalue weighted by Crippen LogP contribution is -2.39. The van der Waals surface area contributed by atoms with Crippen LogP contribution in [0.3, 0.4) is 0 Å². The van der Waals surface area contributed by atoms with Crippen molar-refractivity contribution in [2.24, 2.45) is 11.8 Å². The molecule has 4 rings (SSSR count). The number of hydrogen-bond acceptors (Lipinski definition) is 4. The first-order chi connectivity index (χ1) is 15.0. The third-order valence-corrected chi connectivity index (χ3v) is 6.05. The number of benzene rings is 2. The third-order valence-electron chi connectivity index (χ3n) is 6.05. The fraction of sp³-hybridized carbons (Fsp3) is 0.462. The lowest BCUT2D eigenvalue weighted by atomic mass is 10.1. The van der Waals surface area contributed by atoms with Crippen LogP contribution in [-0.4, -0.2) is 23.2 Å². The number of nitriles is 1. The largest absolute Gasteiger partial charge is 0.480 e. The number of carboxylic acid groups (broad SMARTS) is 1. The van der Waals surface area contributed by atoms with Crippen LogP contribution in [0.5, 0.6) is 0 Å². The highest BCUT2D eigenvalue weighted by atomic mass is 32.1. The maximum Gasteiger partial charge on any atom is 0.320 e. The average molecular weight is 488 g/mol. The Labute approximate surface area is 211 Å². The van der Waals surface area contributed by atoms with Crippen LogP contribution in [-0.2, 0) is 4.79 Å². The molecule has 0 heterocycles. The molecule has 0 aliphatic heterocycles. The highest BCUT2D eigenvalue weighted by Gasteiger charge is 2.36. The van der Waals surface area contributed by atoms with Crippen molar-refractivity contribution >= 4 is 33.0 Å². The van der Waals surface area contributed by atoms with E-state index in [4.69, 9.17) is 10.4 Å². The quantitative estimate of drug-likeness (QED) is 0.460. The van der Waals surface area contributed by atoms with Gasteiger partial charge in [-0.3, -0.25) is 15.4 Å². The van der Waals surface area contributed by atoms with Crippen LogP contribution in [0.4, 0.5) is 0 Å². The fourth-order valence-corrected chi connectivity index (χ4v) is 3.76. The lowest BCUT2D eigenvalue weighted by Gasteiger charge is -2.20. The first kappa shape index (κ1) is 29.1. The minimum absolute atomic E-state index is 0. The van der Waals surface area contributed by atoms with E-state index in [1.54, 1.807) is 0 Å². The average Bonchev–Trinajstić information content (AvgIpc) is 3.71. The minimum atomic E-state index is -0.731. The van der Waals surface area contributed by atoms with E-state index >= 15 is 0 Å². The summed E-state index contributed by atoms with van der Waals surface area (Å²) in [7, 11) is 0. The van der Waals surface area contributed by atoms with Crippen LogP contribution in [0.15, 0.2) is 60.7 Å². The van der Waals surface area contributed by atoms with Gasteiger partial charge in [0.1, 0.15) is 6.04 Å². The molecule has 0 amide bonds. The van der Waals surface area contributed by atoms with Gasteiger partial charge in [0.2, 0.25) is 0 Å². The Morgan fingerprint density at radius 1 is 0.848 bits per heavy atom. The fourth-order valence-electron chi connectivity index (χ4n) is 3.76. The zero-order valence-corrected chi connectivity index (χ0v) is 21.4. The second-order valence-electron chi connectivity index (χ2n) is 8.70. The Kier molecular flexibility index (Phi) is 12.6. The Morgan fingerprint density at radius 2 is 1.27 bits per heavy atom. The number of nitrogens with one attached hydrogen (secondary N) is 2. The third kappa shape index (κ3) is 9.42. The maximum absolute atomic E-state index is 11.1. The van der Waals surface area contributed by atoms with Gasteiger partial charge in [-0.25, -0.2) is 0 Å². The second-order valence-corrected chi connectivity index (χ2v) is 8.70. The molecule has 1 unspecified atom stereocenters. The summed E-state index contributed by atoms with van der Waals surface area (Å²) in [5, 5.41) is 24.7. The van der Waals surface area contributed by atoms with Crippen LogP contribution >= 0.6 is 27.0 Å². The number of carbonyl (C=O) groups is 1. The molecule has 0 spiro atoms. The number of nitrogens with zero attached hydrogens (tertiary/aromatic N) is 1. The van der Waals surface area contributed by atoms with E-state index in [0.29, 0.717) is 11.8 Å². The minimum Gasteiger partial charge on any atom is -0.480 e. The van der Waals surface area contributed by atoms with Gasteiger partial charge in [0.15, 0.2) is 0 Å². The summed E-state index contributed by atoms with van der Waals surface area (Å²) < 4.78 is 0. The number of aliphatic carboxylic acids is 1. The molecule has 7 heteroatoms. The van der Waals surface area contributed by atoms with Gasteiger partial charge in [0.05, 0.1) is 12.1 Å². The molecule has 0 saturated heterocycles. The monoisotopic (exact) mass is 487 g/mol. The smallest absolute Gasteiger partial charge is 0.320 e. The highest BCUT2D eigenvalue weighted by molar-refractivity contribution is 7.59. The van der Waals surface area contributed by atoms with Crippen molar-refractivity contribution in [3.63, 3.8) is 0 Å². The number of rotatable bonds is 9. The predicted molar refractivity (Wildman–Crippen MR) is 143 cm³/mol. The summed E-state index contributed by atoms with van der Waals surface area (Å²) in [6.07, 6.45) is 4.47. The Hall–Kier alpha value is -1.98. The molecule has 2 aliphatic carbocycles. The second kappa shape index (κ2) is 14.3. The lowest BCUT2D eigenvalue weighted by molar-refractivity contribution is -0.140. The molecular weight excluding hydrogens is 450 g/mol. The molecule has 0 radical (unpaired) electrons. The van der Waals surface area contributed by atoms with E-state index in [0.717, 1.165) is 18.4 Å². The van der Waals surface area contributed by atoms with Gasteiger partial charge in [0.25, 0.3) is 0 Å². The molecule has 2 saturated carbocycles. The molecule has 2 aromatic carbocycles. The molecule has 2 fully saturated rings. The van der Waals surface area contributed by atoms with Gasteiger partial charge in [0, 0.05) is 12.1 Å². The van der Waals surface area contributed by atoms with Crippen molar-refractivity contribution in [3.05, 3.63) is 71.8 Å². The normalized spacial score (nSPS) is 18.0. The van der Waals surface area contributed by atoms with Crippen molar-refractivity contribution in [3.8, 4) is 6.07 Å². The molecular formula is C26H37N3O2S2. The summed E-state index contributed by atoms with van der Waals surface area (Å²) in [5.41, 5.74) is 2.38. The van der Waals surface area contributed by atoms with Gasteiger partial charge >= 0.3 is 5.97 Å². The van der Waals surface area contributed by atoms with E-state index in [1.807, 2.05) is 55.5 Å². The maximum atomic E-state index is 11.1. The summed E-state index contributed by atoms with van der Waals surface area (Å²) in [6, 6.07) is 22.6. The SMILES string of the molecule is C[C@H](NC(C#N)C1CC1)c1ccccc1.C[C@H](N[C@H](C(=O)O)C1CC1)c1ccccc1.S.S. The van der Waals surface area contributed by atoms with Crippen molar-refractivity contribution in [2.75, 3.05) is 0 Å². The zero-order chi connectivity index (χ0) is 22.2.